The van der Waals surface area contributed by atoms with Gasteiger partial charge in [0.05, 0.1) is 22.6 Å². The zero-order chi connectivity index (χ0) is 17.1. The molecule has 2 aromatic rings. The van der Waals surface area contributed by atoms with Crippen molar-refractivity contribution in [3.63, 3.8) is 0 Å². The number of amides is 2. The fourth-order valence-electron chi connectivity index (χ4n) is 2.94. The lowest BCUT2D eigenvalue weighted by Crippen LogP contribution is -2.52. The van der Waals surface area contributed by atoms with Gasteiger partial charge in [-0.15, -0.1) is 11.3 Å². The van der Waals surface area contributed by atoms with E-state index in [-0.39, 0.29) is 6.03 Å². The predicted molar refractivity (Wildman–Crippen MR) is 95.7 cm³/mol. The Morgan fingerprint density at radius 1 is 1.29 bits per heavy atom. The van der Waals surface area contributed by atoms with Gasteiger partial charge in [0.25, 0.3) is 0 Å². The molecule has 0 bridgehead atoms. The molecule has 0 atom stereocenters. The summed E-state index contributed by atoms with van der Waals surface area (Å²) in [5.74, 6) is 0. The molecule has 8 heteroatoms. The second kappa shape index (κ2) is 7.21. The first kappa shape index (κ1) is 16.8. The maximum Gasteiger partial charge on any atom is 0.317 e. The predicted octanol–water partition coefficient (Wildman–Crippen LogP) is 1.57. The van der Waals surface area contributed by atoms with Crippen molar-refractivity contribution in [3.05, 3.63) is 28.0 Å². The van der Waals surface area contributed by atoms with Gasteiger partial charge in [-0.05, 0) is 13.8 Å². The van der Waals surface area contributed by atoms with Crippen molar-refractivity contribution < 1.29 is 4.79 Å². The first-order valence-corrected chi connectivity index (χ1v) is 9.04. The van der Waals surface area contributed by atoms with Crippen LogP contribution in [0.15, 0.2) is 12.4 Å². The lowest BCUT2D eigenvalue weighted by Gasteiger charge is -2.35. The normalized spacial score (nSPS) is 15.0. The number of hydrogen-bond donors (Lipinski definition) is 1. The quantitative estimate of drug-likeness (QED) is 0.911. The van der Waals surface area contributed by atoms with Crippen LogP contribution < -0.4 is 10.2 Å². The molecular formula is C16H24N6OS. The molecule has 7 nitrogen and oxygen atoms in total. The summed E-state index contributed by atoms with van der Waals surface area (Å²) in [5.41, 5.74) is 2.20. The van der Waals surface area contributed by atoms with E-state index in [0.29, 0.717) is 6.54 Å². The molecule has 1 saturated heterocycles. The number of thiazole rings is 1. The van der Waals surface area contributed by atoms with Gasteiger partial charge in [-0.2, -0.15) is 5.10 Å². The molecule has 24 heavy (non-hydrogen) atoms. The third kappa shape index (κ3) is 3.87. The molecule has 0 spiro atoms. The molecule has 2 amide bonds. The number of carbonyl (C=O) groups excluding carboxylic acids is 1. The first-order chi connectivity index (χ1) is 11.5. The molecule has 3 rings (SSSR count). The number of nitrogens with zero attached hydrogens (tertiary/aromatic N) is 5. The summed E-state index contributed by atoms with van der Waals surface area (Å²) in [4.78, 5) is 22.1. The topological polar surface area (TPSA) is 66.3 Å². The lowest BCUT2D eigenvalue weighted by molar-refractivity contribution is 0.194. The summed E-state index contributed by atoms with van der Waals surface area (Å²) in [6, 6.07) is 0.0275. The van der Waals surface area contributed by atoms with Crippen molar-refractivity contribution in [2.45, 2.75) is 20.3 Å². The number of aromatic nitrogens is 3. The molecule has 1 aliphatic rings. The molecule has 0 unspecified atom stereocenters. The number of hydrogen-bond acceptors (Lipinski definition) is 5. The van der Waals surface area contributed by atoms with Crippen LogP contribution in [-0.4, -0.2) is 58.4 Å². The van der Waals surface area contributed by atoms with Gasteiger partial charge < -0.3 is 15.1 Å². The molecule has 0 aromatic carbocycles. The molecule has 3 heterocycles. The van der Waals surface area contributed by atoms with Crippen LogP contribution in [0, 0.1) is 13.8 Å². The van der Waals surface area contributed by atoms with Crippen molar-refractivity contribution in [1.82, 2.24) is 25.0 Å². The Morgan fingerprint density at radius 3 is 2.62 bits per heavy atom. The second-order valence-corrected chi connectivity index (χ2v) is 7.36. The molecule has 2 aromatic heterocycles. The molecular weight excluding hydrogens is 324 g/mol. The minimum Gasteiger partial charge on any atom is -0.365 e. The standard InChI is InChI=1S/C16H24N6OS/c1-12-15(24-13(2)19-12)4-5-17-16(23)22-8-6-21(7-9-22)14-10-18-20(3)11-14/h10-11H,4-9H2,1-3H3,(H,17,23). The Morgan fingerprint density at radius 2 is 2.04 bits per heavy atom. The van der Waals surface area contributed by atoms with Gasteiger partial charge in [-0.1, -0.05) is 0 Å². The van der Waals surface area contributed by atoms with Gasteiger partial charge >= 0.3 is 6.03 Å². The monoisotopic (exact) mass is 348 g/mol. The van der Waals surface area contributed by atoms with E-state index in [9.17, 15) is 4.79 Å². The molecule has 0 radical (unpaired) electrons. The number of urea groups is 1. The van der Waals surface area contributed by atoms with Crippen LogP contribution >= 0.6 is 11.3 Å². The number of aryl methyl sites for hydroxylation is 3. The smallest absolute Gasteiger partial charge is 0.317 e. The molecule has 1 fully saturated rings. The van der Waals surface area contributed by atoms with Crippen LogP contribution in [0.1, 0.15) is 15.6 Å². The number of anilines is 1. The Bertz CT molecular complexity index is 701. The maximum absolute atomic E-state index is 12.3. The Hall–Kier alpha value is -2.09. The van der Waals surface area contributed by atoms with E-state index in [1.165, 1.54) is 4.88 Å². The average Bonchev–Trinajstić information content (AvgIpc) is 3.13. The van der Waals surface area contributed by atoms with E-state index in [1.54, 1.807) is 16.0 Å². The van der Waals surface area contributed by atoms with Crippen LogP contribution in [0.4, 0.5) is 10.5 Å². The van der Waals surface area contributed by atoms with Crippen molar-refractivity contribution in [3.8, 4) is 0 Å². The second-order valence-electron chi connectivity index (χ2n) is 6.07. The van der Waals surface area contributed by atoms with Gasteiger partial charge in [-0.25, -0.2) is 9.78 Å². The summed E-state index contributed by atoms with van der Waals surface area (Å²) in [6.07, 6.45) is 4.73. The van der Waals surface area contributed by atoms with Gasteiger partial charge in [-0.3, -0.25) is 4.68 Å². The molecule has 0 aliphatic carbocycles. The first-order valence-electron chi connectivity index (χ1n) is 8.22. The largest absolute Gasteiger partial charge is 0.365 e. The van der Waals surface area contributed by atoms with Crippen molar-refractivity contribution in [2.75, 3.05) is 37.6 Å². The fraction of sp³-hybridized carbons (Fsp3) is 0.562. The highest BCUT2D eigenvalue weighted by molar-refractivity contribution is 7.11. The summed E-state index contributed by atoms with van der Waals surface area (Å²) >= 11 is 1.71. The molecule has 1 N–H and O–H groups in total. The fourth-order valence-corrected chi connectivity index (χ4v) is 3.88. The minimum absolute atomic E-state index is 0.0275. The number of piperazine rings is 1. The molecule has 1 aliphatic heterocycles. The minimum atomic E-state index is 0.0275. The maximum atomic E-state index is 12.3. The zero-order valence-corrected chi connectivity index (χ0v) is 15.3. The van der Waals surface area contributed by atoms with Crippen molar-refractivity contribution in [2.24, 2.45) is 7.05 Å². The third-order valence-corrected chi connectivity index (χ3v) is 5.38. The van der Waals surface area contributed by atoms with Gasteiger partial charge in [0.1, 0.15) is 0 Å². The van der Waals surface area contributed by atoms with Crippen LogP contribution in [-0.2, 0) is 13.5 Å². The number of rotatable bonds is 4. The Labute approximate surface area is 146 Å². The van der Waals surface area contributed by atoms with E-state index in [2.05, 4.69) is 20.3 Å². The van der Waals surface area contributed by atoms with Crippen molar-refractivity contribution in [1.29, 1.82) is 0 Å². The van der Waals surface area contributed by atoms with Crippen LogP contribution in [0.2, 0.25) is 0 Å². The summed E-state index contributed by atoms with van der Waals surface area (Å²) in [6.45, 7) is 7.85. The van der Waals surface area contributed by atoms with E-state index >= 15 is 0 Å². The highest BCUT2D eigenvalue weighted by Gasteiger charge is 2.21. The highest BCUT2D eigenvalue weighted by atomic mass is 32.1. The molecule has 0 saturated carbocycles. The van der Waals surface area contributed by atoms with Gasteiger partial charge in [0.15, 0.2) is 0 Å². The third-order valence-electron chi connectivity index (χ3n) is 4.25. The average molecular weight is 348 g/mol. The highest BCUT2D eigenvalue weighted by Crippen LogP contribution is 2.17. The summed E-state index contributed by atoms with van der Waals surface area (Å²) in [7, 11) is 1.92. The number of carbonyl (C=O) groups is 1. The number of nitrogens with one attached hydrogen (secondary N) is 1. The molecule has 130 valence electrons. The van der Waals surface area contributed by atoms with Gasteiger partial charge in [0, 0.05) is 57.3 Å². The van der Waals surface area contributed by atoms with E-state index in [0.717, 1.165) is 49.0 Å². The van der Waals surface area contributed by atoms with Crippen molar-refractivity contribution >= 4 is 23.1 Å². The van der Waals surface area contributed by atoms with Crippen LogP contribution in [0.25, 0.3) is 0 Å². The van der Waals surface area contributed by atoms with Crippen LogP contribution in [0.3, 0.4) is 0 Å². The van der Waals surface area contributed by atoms with E-state index in [1.807, 2.05) is 38.2 Å². The SMILES string of the molecule is Cc1nc(C)c(CCNC(=O)N2CCN(c3cnn(C)c3)CC2)s1. The van der Waals surface area contributed by atoms with E-state index in [4.69, 9.17) is 0 Å². The van der Waals surface area contributed by atoms with E-state index < -0.39 is 0 Å². The summed E-state index contributed by atoms with van der Waals surface area (Å²) < 4.78 is 1.80. The zero-order valence-electron chi connectivity index (χ0n) is 14.4. The Balaban J connectivity index is 1.43. The lowest BCUT2D eigenvalue weighted by atomic mass is 10.3. The van der Waals surface area contributed by atoms with Gasteiger partial charge in [0.2, 0.25) is 0 Å². The Kier molecular flexibility index (Phi) is 5.03. The summed E-state index contributed by atoms with van der Waals surface area (Å²) in [5, 5.41) is 8.31. The van der Waals surface area contributed by atoms with Crippen LogP contribution in [0.5, 0.6) is 0 Å².